The van der Waals surface area contributed by atoms with Gasteiger partial charge in [-0.1, -0.05) is 18.1 Å². The number of nitrogens with one attached hydrogen (secondary N) is 1. The Kier molecular flexibility index (Phi) is 6.70. The van der Waals surface area contributed by atoms with Crippen molar-refractivity contribution in [2.24, 2.45) is 7.05 Å². The molecule has 0 saturated carbocycles. The number of nitrogens with zero attached hydrogens (tertiary/aromatic N) is 5. The highest BCUT2D eigenvalue weighted by Gasteiger charge is 2.51. The molecule has 0 spiro atoms. The van der Waals surface area contributed by atoms with Crippen LogP contribution in [0.25, 0.3) is 0 Å². The summed E-state index contributed by atoms with van der Waals surface area (Å²) in [4.78, 5) is 46.6. The van der Waals surface area contributed by atoms with Gasteiger partial charge in [-0.25, -0.2) is 14.2 Å². The molecule has 2 aliphatic heterocycles. The summed E-state index contributed by atoms with van der Waals surface area (Å²) in [6, 6.07) is 6.54. The highest BCUT2D eigenvalue weighted by atomic mass is 19.4. The molecule has 0 radical (unpaired) electrons. The second kappa shape index (κ2) is 9.59. The molecule has 2 aliphatic rings. The Labute approximate surface area is 203 Å². The van der Waals surface area contributed by atoms with Crippen LogP contribution in [-0.4, -0.2) is 65.8 Å². The quantitative estimate of drug-likeness (QED) is 0.574. The topological polar surface area (TPSA) is 101 Å². The number of carbonyl (C=O) groups is 1. The van der Waals surface area contributed by atoms with E-state index in [4.69, 9.17) is 16.0 Å². The molecule has 1 unspecified atom stereocenters. The van der Waals surface area contributed by atoms with Gasteiger partial charge < -0.3 is 14.9 Å². The lowest BCUT2D eigenvalue weighted by molar-refractivity contribution is -0.203. The third-order valence-electron chi connectivity index (χ3n) is 5.87. The Balaban J connectivity index is 2.05. The summed E-state index contributed by atoms with van der Waals surface area (Å²) >= 11 is 0. The maximum absolute atomic E-state index is 13.6. The van der Waals surface area contributed by atoms with Crippen molar-refractivity contribution in [2.45, 2.75) is 19.0 Å². The smallest absolute Gasteiger partial charge is 0.493 e. The third-order valence-corrected chi connectivity index (χ3v) is 5.87. The molecule has 2 aromatic rings. The van der Waals surface area contributed by atoms with E-state index in [1.165, 1.54) is 19.1 Å². The van der Waals surface area contributed by atoms with Gasteiger partial charge in [-0.15, -0.1) is 11.5 Å². The first-order valence-electron chi connectivity index (χ1n) is 10.8. The minimum atomic E-state index is -5.33. The number of para-hydroxylation sites is 2. The van der Waals surface area contributed by atoms with Gasteiger partial charge in [0.15, 0.2) is 11.5 Å². The zero-order chi connectivity index (χ0) is 26.2. The molecule has 4 rings (SSSR count). The molecule has 1 aromatic carbocycles. The van der Waals surface area contributed by atoms with E-state index in [-0.39, 0.29) is 18.1 Å². The summed E-state index contributed by atoms with van der Waals surface area (Å²) in [5.41, 5.74) is -1.64. The van der Waals surface area contributed by atoms with Crippen LogP contribution in [0.3, 0.4) is 0 Å². The van der Waals surface area contributed by atoms with Crippen LogP contribution in [0.2, 0.25) is 0 Å². The molecule has 36 heavy (non-hydrogen) atoms. The van der Waals surface area contributed by atoms with Gasteiger partial charge >= 0.3 is 17.8 Å². The molecule has 1 fully saturated rings. The standard InChI is InChI=1S/C22H23F3N6O5/c1-4-11-29-18(32)16-17(27(2)21(29)34)31(36-19(33)22(23,24)25)20(28-12-9-26-10-13-28)30(16)14-7-5-6-8-15(14)35-3/h1,5-8,20,26H,9-13H2,2-3H3. The van der Waals surface area contributed by atoms with Crippen LogP contribution < -0.4 is 31.3 Å². The minimum Gasteiger partial charge on any atom is -0.495 e. The van der Waals surface area contributed by atoms with Gasteiger partial charge in [-0.2, -0.15) is 13.2 Å². The van der Waals surface area contributed by atoms with Gasteiger partial charge in [0.05, 0.1) is 19.3 Å². The van der Waals surface area contributed by atoms with Crippen molar-refractivity contribution in [3.8, 4) is 18.1 Å². The Morgan fingerprint density at radius 2 is 1.89 bits per heavy atom. The summed E-state index contributed by atoms with van der Waals surface area (Å²) < 4.78 is 47.1. The average molecular weight is 508 g/mol. The van der Waals surface area contributed by atoms with Gasteiger partial charge in [0.1, 0.15) is 5.75 Å². The first-order valence-corrected chi connectivity index (χ1v) is 10.8. The molecular formula is C22H23F3N6O5. The zero-order valence-electron chi connectivity index (χ0n) is 19.4. The molecule has 3 heterocycles. The second-order valence-electron chi connectivity index (χ2n) is 7.99. The first kappa shape index (κ1) is 25.1. The Morgan fingerprint density at radius 3 is 2.50 bits per heavy atom. The van der Waals surface area contributed by atoms with Gasteiger partial charge in [0.2, 0.25) is 6.29 Å². The first-order chi connectivity index (χ1) is 17.1. The summed E-state index contributed by atoms with van der Waals surface area (Å²) in [6.45, 7) is 1.24. The van der Waals surface area contributed by atoms with E-state index in [9.17, 15) is 27.6 Å². The van der Waals surface area contributed by atoms with E-state index in [1.54, 1.807) is 29.2 Å². The number of ether oxygens (including phenoxy) is 1. The fourth-order valence-corrected chi connectivity index (χ4v) is 4.29. The predicted molar refractivity (Wildman–Crippen MR) is 123 cm³/mol. The fraction of sp³-hybridized carbons (Fsp3) is 0.409. The average Bonchev–Trinajstić information content (AvgIpc) is 3.20. The van der Waals surface area contributed by atoms with E-state index in [2.05, 4.69) is 11.2 Å². The number of hydroxylamine groups is 1. The molecule has 0 bridgehead atoms. The molecule has 11 nitrogen and oxygen atoms in total. The Hall–Kier alpha value is -3.96. The number of halogens is 3. The molecule has 14 heteroatoms. The number of piperazine rings is 1. The number of anilines is 3. The minimum absolute atomic E-state index is 0.199. The molecule has 1 N–H and O–H groups in total. The number of alkyl halides is 3. The number of aromatic nitrogens is 2. The molecule has 0 amide bonds. The number of terminal acetylenes is 1. The van der Waals surface area contributed by atoms with Crippen LogP contribution in [0.4, 0.5) is 30.4 Å². The molecule has 0 aliphatic carbocycles. The number of carbonyl (C=O) groups excluding carboxylic acids is 1. The van der Waals surface area contributed by atoms with Gasteiger partial charge in [-0.05, 0) is 12.1 Å². The maximum Gasteiger partial charge on any atom is 0.493 e. The van der Waals surface area contributed by atoms with Crippen molar-refractivity contribution in [2.75, 3.05) is 43.3 Å². The van der Waals surface area contributed by atoms with Crippen molar-refractivity contribution in [3.05, 3.63) is 45.1 Å². The van der Waals surface area contributed by atoms with Crippen LogP contribution >= 0.6 is 0 Å². The number of benzene rings is 1. The van der Waals surface area contributed by atoms with Crippen LogP contribution in [0.15, 0.2) is 33.9 Å². The molecule has 1 atom stereocenters. The maximum atomic E-state index is 13.6. The lowest BCUT2D eigenvalue weighted by atomic mass is 10.2. The lowest BCUT2D eigenvalue weighted by Gasteiger charge is -2.41. The third kappa shape index (κ3) is 4.16. The Bertz CT molecular complexity index is 1330. The monoisotopic (exact) mass is 508 g/mol. The van der Waals surface area contributed by atoms with E-state index in [0.717, 1.165) is 9.13 Å². The SMILES string of the molecule is C#CCn1c(=O)c2c(n(C)c1=O)N(OC(=O)C(F)(F)F)C(N1CCNCC1)N2c1ccccc1OC. The molecular weight excluding hydrogens is 485 g/mol. The molecule has 192 valence electrons. The summed E-state index contributed by atoms with van der Waals surface area (Å²) in [5.74, 6) is -0.298. The van der Waals surface area contributed by atoms with Crippen molar-refractivity contribution < 1.29 is 27.5 Å². The lowest BCUT2D eigenvalue weighted by Crippen LogP contribution is -2.60. The highest BCUT2D eigenvalue weighted by Crippen LogP contribution is 2.45. The van der Waals surface area contributed by atoms with Gasteiger partial charge in [0, 0.05) is 33.2 Å². The largest absolute Gasteiger partial charge is 0.495 e. The van der Waals surface area contributed by atoms with Gasteiger partial charge in [-0.3, -0.25) is 19.2 Å². The van der Waals surface area contributed by atoms with Crippen LogP contribution in [0.1, 0.15) is 0 Å². The van der Waals surface area contributed by atoms with Crippen LogP contribution in [-0.2, 0) is 23.2 Å². The number of hydrogen-bond donors (Lipinski definition) is 1. The van der Waals surface area contributed by atoms with Crippen LogP contribution in [0, 0.1) is 12.3 Å². The fourth-order valence-electron chi connectivity index (χ4n) is 4.29. The summed E-state index contributed by atoms with van der Waals surface area (Å²) in [7, 11) is 2.65. The number of rotatable bonds is 5. The molecule has 1 saturated heterocycles. The van der Waals surface area contributed by atoms with E-state index >= 15 is 0 Å². The normalized spacial score (nSPS) is 18.1. The zero-order valence-corrected chi connectivity index (χ0v) is 19.4. The Morgan fingerprint density at radius 1 is 1.22 bits per heavy atom. The van der Waals surface area contributed by atoms with Crippen LogP contribution in [0.5, 0.6) is 5.75 Å². The number of hydrogen-bond acceptors (Lipinski definition) is 9. The highest BCUT2D eigenvalue weighted by molar-refractivity contribution is 5.84. The molecule has 1 aromatic heterocycles. The number of methoxy groups -OCH3 is 1. The summed E-state index contributed by atoms with van der Waals surface area (Å²) in [6.07, 6.45) is -1.22. The predicted octanol–water partition coefficient (Wildman–Crippen LogP) is 0.356. The second-order valence-corrected chi connectivity index (χ2v) is 7.99. The van der Waals surface area contributed by atoms with E-state index in [1.807, 2.05) is 0 Å². The van der Waals surface area contributed by atoms with Gasteiger partial charge in [0.25, 0.3) is 5.56 Å². The van der Waals surface area contributed by atoms with Crippen molar-refractivity contribution in [1.29, 1.82) is 0 Å². The van der Waals surface area contributed by atoms with Crippen molar-refractivity contribution >= 4 is 23.2 Å². The summed E-state index contributed by atoms with van der Waals surface area (Å²) in [5, 5.41) is 3.80. The number of fused-ring (bicyclic) bond motifs is 1. The van der Waals surface area contributed by atoms with E-state index < -0.39 is 29.7 Å². The van der Waals surface area contributed by atoms with Crippen molar-refractivity contribution in [3.63, 3.8) is 0 Å². The van der Waals surface area contributed by atoms with E-state index in [0.29, 0.717) is 42.7 Å². The van der Waals surface area contributed by atoms with Crippen molar-refractivity contribution in [1.82, 2.24) is 19.4 Å².